The molecule has 0 bridgehead atoms. The summed E-state index contributed by atoms with van der Waals surface area (Å²) in [6.07, 6.45) is 8.26. The molecule has 6 heteroatoms. The molecule has 1 aliphatic rings. The number of fused-ring (bicyclic) bond motifs is 1. The molecule has 4 rings (SSSR count). The lowest BCUT2D eigenvalue weighted by molar-refractivity contribution is 0.0725. The van der Waals surface area contributed by atoms with Gasteiger partial charge in [-0.3, -0.25) is 14.8 Å². The van der Waals surface area contributed by atoms with Gasteiger partial charge in [-0.15, -0.1) is 0 Å². The zero-order valence-electron chi connectivity index (χ0n) is 15.0. The van der Waals surface area contributed by atoms with E-state index in [9.17, 15) is 9.18 Å². The highest BCUT2D eigenvalue weighted by atomic mass is 19.1. The topological polar surface area (TPSA) is 58.1 Å². The molecule has 1 amide bonds. The van der Waals surface area contributed by atoms with Crippen molar-refractivity contribution in [2.24, 2.45) is 0 Å². The molecule has 0 atom stereocenters. The third kappa shape index (κ3) is 3.74. The number of aromatic nitrogens is 2. The normalized spacial score (nSPS) is 14.3. The number of carbonyl (C=O) groups is 1. The van der Waals surface area contributed by atoms with Crippen LogP contribution >= 0.6 is 0 Å². The van der Waals surface area contributed by atoms with Crippen LogP contribution in [0.4, 0.5) is 10.1 Å². The van der Waals surface area contributed by atoms with Crippen LogP contribution in [0.5, 0.6) is 0 Å². The van der Waals surface area contributed by atoms with Gasteiger partial charge in [0.1, 0.15) is 5.82 Å². The van der Waals surface area contributed by atoms with Gasteiger partial charge in [-0.2, -0.15) is 0 Å². The highest BCUT2D eigenvalue weighted by Gasteiger charge is 2.23. The minimum Gasteiger partial charge on any atom is -0.380 e. The van der Waals surface area contributed by atoms with Crippen LogP contribution in [0.3, 0.4) is 0 Å². The number of nitrogens with one attached hydrogen (secondary N) is 1. The number of carbonyl (C=O) groups excluding carboxylic acids is 1. The number of piperidine rings is 1. The Kier molecular flexibility index (Phi) is 4.96. The molecule has 27 heavy (non-hydrogen) atoms. The van der Waals surface area contributed by atoms with E-state index in [1.165, 1.54) is 12.1 Å². The molecular formula is C21H21FN4O. The molecule has 1 aromatic carbocycles. The molecule has 1 fully saturated rings. The standard InChI is InChI=1S/C21H21FN4O/c22-16-6-7-19-17(11-16)20(25-13-15-5-4-8-23-12-15)18(14-24-19)21(27)26-9-2-1-3-10-26/h4-8,11-12,14H,1-3,9-10,13H2,(H,24,25). The fraction of sp³-hybridized carbons (Fsp3) is 0.286. The van der Waals surface area contributed by atoms with Gasteiger partial charge < -0.3 is 10.2 Å². The molecule has 1 N–H and O–H groups in total. The molecule has 3 heterocycles. The minimum absolute atomic E-state index is 0.0537. The van der Waals surface area contributed by atoms with E-state index in [0.717, 1.165) is 37.9 Å². The number of hydrogen-bond acceptors (Lipinski definition) is 4. The van der Waals surface area contributed by atoms with Crippen molar-refractivity contribution < 1.29 is 9.18 Å². The Balaban J connectivity index is 1.73. The van der Waals surface area contributed by atoms with Gasteiger partial charge in [-0.05, 0) is 49.1 Å². The first-order valence-electron chi connectivity index (χ1n) is 9.23. The highest BCUT2D eigenvalue weighted by molar-refractivity contribution is 6.07. The Bertz CT molecular complexity index is 955. The van der Waals surface area contributed by atoms with Crippen LogP contribution in [-0.2, 0) is 6.54 Å². The van der Waals surface area contributed by atoms with Crippen LogP contribution in [0.2, 0.25) is 0 Å². The van der Waals surface area contributed by atoms with Crippen LogP contribution in [0.25, 0.3) is 10.9 Å². The molecule has 3 aromatic rings. The van der Waals surface area contributed by atoms with E-state index in [4.69, 9.17) is 0 Å². The maximum Gasteiger partial charge on any atom is 0.257 e. The van der Waals surface area contributed by atoms with E-state index in [1.807, 2.05) is 17.0 Å². The quantitative estimate of drug-likeness (QED) is 0.760. The lowest BCUT2D eigenvalue weighted by atomic mass is 10.1. The number of pyridine rings is 2. The van der Waals surface area contributed by atoms with Crippen LogP contribution < -0.4 is 5.32 Å². The van der Waals surface area contributed by atoms with Gasteiger partial charge in [0.2, 0.25) is 0 Å². The molecule has 0 unspecified atom stereocenters. The maximum atomic E-state index is 13.9. The molecule has 2 aromatic heterocycles. The average molecular weight is 364 g/mol. The summed E-state index contributed by atoms with van der Waals surface area (Å²) in [6, 6.07) is 8.26. The lowest BCUT2D eigenvalue weighted by Crippen LogP contribution is -2.36. The van der Waals surface area contributed by atoms with Crippen LogP contribution in [0, 0.1) is 5.82 Å². The number of rotatable bonds is 4. The first-order chi connectivity index (χ1) is 13.2. The van der Waals surface area contributed by atoms with E-state index in [0.29, 0.717) is 28.7 Å². The third-order valence-electron chi connectivity index (χ3n) is 4.90. The number of nitrogens with zero attached hydrogens (tertiary/aromatic N) is 3. The second kappa shape index (κ2) is 7.70. The summed E-state index contributed by atoms with van der Waals surface area (Å²) in [5.74, 6) is -0.404. The lowest BCUT2D eigenvalue weighted by Gasteiger charge is -2.27. The van der Waals surface area contributed by atoms with Gasteiger partial charge in [0.15, 0.2) is 0 Å². The van der Waals surface area contributed by atoms with Crippen molar-refractivity contribution in [1.29, 1.82) is 0 Å². The van der Waals surface area contributed by atoms with Crippen LogP contribution in [-0.4, -0.2) is 33.9 Å². The number of benzene rings is 1. The second-order valence-corrected chi connectivity index (χ2v) is 6.78. The molecule has 138 valence electrons. The van der Waals surface area contributed by atoms with E-state index >= 15 is 0 Å². The molecular weight excluding hydrogens is 343 g/mol. The monoisotopic (exact) mass is 364 g/mol. The van der Waals surface area contributed by atoms with Crippen molar-refractivity contribution in [2.75, 3.05) is 18.4 Å². The Hall–Kier alpha value is -3.02. The van der Waals surface area contributed by atoms with E-state index in [-0.39, 0.29) is 11.7 Å². The number of halogens is 1. The molecule has 1 saturated heterocycles. The van der Waals surface area contributed by atoms with E-state index in [1.54, 1.807) is 24.7 Å². The number of likely N-dealkylation sites (tertiary alicyclic amines) is 1. The Morgan fingerprint density at radius 1 is 1.15 bits per heavy atom. The Labute approximate surface area is 157 Å². The maximum absolute atomic E-state index is 13.9. The van der Waals surface area contributed by atoms with Crippen molar-refractivity contribution in [3.05, 3.63) is 65.9 Å². The average Bonchev–Trinajstić information content (AvgIpc) is 2.72. The summed E-state index contributed by atoms with van der Waals surface area (Å²) in [6.45, 7) is 1.99. The van der Waals surface area contributed by atoms with Crippen LogP contribution in [0.15, 0.2) is 48.9 Å². The number of hydrogen-bond donors (Lipinski definition) is 1. The SMILES string of the molecule is O=C(c1cnc2ccc(F)cc2c1NCc1cccnc1)N1CCCCC1. The number of amides is 1. The predicted molar refractivity (Wildman–Crippen MR) is 103 cm³/mol. The molecule has 0 saturated carbocycles. The van der Waals surface area contributed by atoms with Crippen molar-refractivity contribution in [1.82, 2.24) is 14.9 Å². The molecule has 5 nitrogen and oxygen atoms in total. The Morgan fingerprint density at radius 2 is 2.00 bits per heavy atom. The molecule has 0 aliphatic carbocycles. The van der Waals surface area contributed by atoms with Crippen molar-refractivity contribution in [3.63, 3.8) is 0 Å². The Morgan fingerprint density at radius 3 is 2.78 bits per heavy atom. The summed E-state index contributed by atoms with van der Waals surface area (Å²) in [7, 11) is 0. The molecule has 0 radical (unpaired) electrons. The second-order valence-electron chi connectivity index (χ2n) is 6.78. The van der Waals surface area contributed by atoms with Crippen molar-refractivity contribution in [3.8, 4) is 0 Å². The zero-order chi connectivity index (χ0) is 18.6. The molecule has 0 spiro atoms. The third-order valence-corrected chi connectivity index (χ3v) is 4.90. The summed E-state index contributed by atoms with van der Waals surface area (Å²) in [5, 5.41) is 3.94. The first-order valence-corrected chi connectivity index (χ1v) is 9.23. The summed E-state index contributed by atoms with van der Waals surface area (Å²) in [4.78, 5) is 23.5. The van der Waals surface area contributed by atoms with Crippen molar-refractivity contribution >= 4 is 22.5 Å². The largest absolute Gasteiger partial charge is 0.380 e. The summed E-state index contributed by atoms with van der Waals surface area (Å²) < 4.78 is 13.9. The van der Waals surface area contributed by atoms with Gasteiger partial charge in [0, 0.05) is 43.6 Å². The summed E-state index contributed by atoms with van der Waals surface area (Å²) in [5.41, 5.74) is 2.74. The zero-order valence-corrected chi connectivity index (χ0v) is 15.0. The molecule has 1 aliphatic heterocycles. The van der Waals surface area contributed by atoms with Gasteiger partial charge in [0.25, 0.3) is 5.91 Å². The van der Waals surface area contributed by atoms with Crippen molar-refractivity contribution in [2.45, 2.75) is 25.8 Å². The van der Waals surface area contributed by atoms with E-state index < -0.39 is 0 Å². The predicted octanol–water partition coefficient (Wildman–Crippen LogP) is 4.01. The fourth-order valence-corrected chi connectivity index (χ4v) is 3.48. The first kappa shape index (κ1) is 17.4. The van der Waals surface area contributed by atoms with Gasteiger partial charge >= 0.3 is 0 Å². The van der Waals surface area contributed by atoms with E-state index in [2.05, 4.69) is 15.3 Å². The highest BCUT2D eigenvalue weighted by Crippen LogP contribution is 2.29. The number of anilines is 1. The van der Waals surface area contributed by atoms with Gasteiger partial charge in [-0.25, -0.2) is 4.39 Å². The smallest absolute Gasteiger partial charge is 0.257 e. The minimum atomic E-state index is -0.351. The summed E-state index contributed by atoms with van der Waals surface area (Å²) >= 11 is 0. The van der Waals surface area contributed by atoms with Crippen LogP contribution in [0.1, 0.15) is 35.2 Å². The van der Waals surface area contributed by atoms with Gasteiger partial charge in [-0.1, -0.05) is 6.07 Å². The van der Waals surface area contributed by atoms with Gasteiger partial charge in [0.05, 0.1) is 16.8 Å². The fourth-order valence-electron chi connectivity index (χ4n) is 3.48.